The molecule has 3 heterocycles. The van der Waals surface area contributed by atoms with E-state index in [4.69, 9.17) is 61.3 Å². The van der Waals surface area contributed by atoms with Crippen molar-refractivity contribution >= 4 is 28.9 Å². The molecular formula is C83H101Cl2FN12. The lowest BCUT2D eigenvalue weighted by molar-refractivity contribution is 0.347. The summed E-state index contributed by atoms with van der Waals surface area (Å²) in [5, 5.41) is 60.5. The smallest absolute Gasteiger partial charge is 0.187 e. The van der Waals surface area contributed by atoms with E-state index in [9.17, 15) is 4.39 Å². The van der Waals surface area contributed by atoms with E-state index in [1.165, 1.54) is 28.3 Å². The molecule has 514 valence electrons. The van der Waals surface area contributed by atoms with Crippen molar-refractivity contribution in [3.63, 3.8) is 0 Å². The highest BCUT2D eigenvalue weighted by Gasteiger charge is 2.21. The summed E-state index contributed by atoms with van der Waals surface area (Å²) in [6, 6.07) is 51.2. The van der Waals surface area contributed by atoms with Crippen LogP contribution in [0.4, 0.5) is 10.1 Å². The van der Waals surface area contributed by atoms with Gasteiger partial charge in [0.05, 0.1) is 47.1 Å². The molecule has 0 aliphatic carbocycles. The molecule has 0 atom stereocenters. The third-order valence-electron chi connectivity index (χ3n) is 14.6. The summed E-state index contributed by atoms with van der Waals surface area (Å²) in [6.07, 6.45) is 3.40. The maximum atomic E-state index is 12.9. The van der Waals surface area contributed by atoms with Crippen molar-refractivity contribution in [1.82, 2.24) is 25.0 Å². The van der Waals surface area contributed by atoms with Gasteiger partial charge in [0.15, 0.2) is 11.4 Å². The summed E-state index contributed by atoms with van der Waals surface area (Å²) >= 11 is 12.0. The molecule has 0 saturated carbocycles. The van der Waals surface area contributed by atoms with Gasteiger partial charge < -0.3 is 0 Å². The summed E-state index contributed by atoms with van der Waals surface area (Å²) in [6.45, 7) is 61.6. The summed E-state index contributed by atoms with van der Waals surface area (Å²) in [5.41, 5.74) is 14.5. The maximum Gasteiger partial charge on any atom is 0.187 e. The molecule has 15 heteroatoms. The number of hydrogen-bond acceptors (Lipinski definition) is 10. The Bertz CT molecular complexity index is 4070. The predicted octanol–water partition coefficient (Wildman–Crippen LogP) is 22.6. The molecule has 0 N–H and O–H groups in total. The number of benzene rings is 5. The summed E-state index contributed by atoms with van der Waals surface area (Å²) in [4.78, 5) is 11.6. The highest BCUT2D eigenvalue weighted by molar-refractivity contribution is 6.31. The van der Waals surface area contributed by atoms with E-state index in [2.05, 4.69) is 187 Å². The minimum absolute atomic E-state index is 0.0207. The van der Waals surface area contributed by atoms with Gasteiger partial charge in [0.2, 0.25) is 0 Å². The second-order valence-electron chi connectivity index (χ2n) is 31.5. The number of rotatable bonds is 0. The highest BCUT2D eigenvalue weighted by Crippen LogP contribution is 2.32. The van der Waals surface area contributed by atoms with Crippen LogP contribution in [0, 0.1) is 94.2 Å². The van der Waals surface area contributed by atoms with Crippen LogP contribution in [-0.2, 0) is 43.4 Å². The van der Waals surface area contributed by atoms with E-state index >= 15 is 0 Å². The summed E-state index contributed by atoms with van der Waals surface area (Å²) < 4.78 is 14.6. The second kappa shape index (κ2) is 37.3. The van der Waals surface area contributed by atoms with Gasteiger partial charge in [0.25, 0.3) is 0 Å². The zero-order valence-corrected chi connectivity index (χ0v) is 64.3. The Morgan fingerprint density at radius 2 is 0.908 bits per heavy atom. The van der Waals surface area contributed by atoms with E-state index < -0.39 is 5.82 Å². The van der Waals surface area contributed by atoms with Gasteiger partial charge in [0.1, 0.15) is 41.5 Å². The normalized spacial score (nSPS) is 11.0. The largest absolute Gasteiger partial charge is 0.246 e. The van der Waals surface area contributed by atoms with Crippen LogP contribution in [0.25, 0.3) is 4.85 Å². The first-order valence-corrected chi connectivity index (χ1v) is 32.9. The Morgan fingerprint density at radius 3 is 1.31 bits per heavy atom. The van der Waals surface area contributed by atoms with E-state index in [0.29, 0.717) is 27.7 Å². The average molecular weight is 1360 g/mol. The zero-order valence-electron chi connectivity index (χ0n) is 62.8. The fraction of sp³-hybridized carbons (Fsp3) is 0.410. The van der Waals surface area contributed by atoms with Crippen LogP contribution < -0.4 is 0 Å². The van der Waals surface area contributed by atoms with Crippen molar-refractivity contribution in [2.24, 2.45) is 0 Å². The van der Waals surface area contributed by atoms with Crippen molar-refractivity contribution in [3.8, 4) is 36.4 Å². The third-order valence-corrected chi connectivity index (χ3v) is 15.3. The molecule has 8 aromatic rings. The first-order valence-electron chi connectivity index (χ1n) is 32.1. The van der Waals surface area contributed by atoms with Crippen molar-refractivity contribution in [2.75, 3.05) is 0 Å². The maximum absolute atomic E-state index is 12.9. The third kappa shape index (κ3) is 30.7. The fourth-order valence-corrected chi connectivity index (χ4v) is 9.04. The van der Waals surface area contributed by atoms with Gasteiger partial charge in [-0.15, -0.1) is 5.10 Å². The first kappa shape index (κ1) is 86.5. The molecule has 0 aliphatic rings. The Morgan fingerprint density at radius 1 is 0.429 bits per heavy atom. The Balaban J connectivity index is 0.000000560. The van der Waals surface area contributed by atoms with E-state index in [0.717, 1.165) is 44.2 Å². The molecule has 8 rings (SSSR count). The number of aromatic nitrogens is 5. The lowest BCUT2D eigenvalue weighted by Gasteiger charge is -2.21. The quantitative estimate of drug-likeness (QED) is 0.131. The zero-order chi connectivity index (χ0) is 75.6. The van der Waals surface area contributed by atoms with Gasteiger partial charge in [-0.3, -0.25) is 0 Å². The molecule has 0 radical (unpaired) electrons. The van der Waals surface area contributed by atoms with Crippen molar-refractivity contribution in [3.05, 3.63) is 251 Å². The van der Waals surface area contributed by atoms with E-state index in [1.54, 1.807) is 53.5 Å². The molecule has 0 fully saturated rings. The van der Waals surface area contributed by atoms with Gasteiger partial charge >= 0.3 is 0 Å². The first-order chi connectivity index (χ1) is 44.9. The van der Waals surface area contributed by atoms with Crippen molar-refractivity contribution in [1.29, 1.82) is 31.6 Å². The summed E-state index contributed by atoms with van der Waals surface area (Å²) in [5.74, 6) is -0.449. The number of aryl methyl sites for hydroxylation is 2. The molecule has 0 saturated heterocycles. The molecule has 12 nitrogen and oxygen atoms in total. The standard InChI is InChI=1S/C12H15N.C11H12ClN.C11H15Cl.C11H12FN.C11H13N.2C10H12N2.C7H10N4/c1-9-7-10(8-13)5-6-11(9)12(2,3)4;1-11(2,3)9-5-4-8(7-13)6-10(9)12;1-8-7-9(11(2,3)4)5-6-10(8)12;1-11(2,3)9-4-5-10(12)8(6-9)7-13;1-11(2,3)9-6-5-7-10(8-9)12-4;1-10(2,3)8-4-5-9(6-11)12-7-8;1-10(2,3)9-6-4-5-8(7-11)12-9;1-7(2,3)11-5-6(4-8)9-10-11/h5-7H,1-4H3;4-6H,1-3H3;5-7H,1-4H3;4-6H,1-3H3;5-8H,1-3H3;4-5,7H,1-3H3;4-6H,1-3H3;5H,1-3H3. The number of pyridine rings is 2. The van der Waals surface area contributed by atoms with Crippen LogP contribution in [0.1, 0.15) is 250 Å². The number of hydrogen-bond donors (Lipinski definition) is 0. The lowest BCUT2D eigenvalue weighted by atomic mass is 9.83. The van der Waals surface area contributed by atoms with Gasteiger partial charge in [-0.2, -0.15) is 31.6 Å². The van der Waals surface area contributed by atoms with Crippen LogP contribution in [0.2, 0.25) is 10.0 Å². The molecule has 0 amide bonds. The Labute approximate surface area is 597 Å². The average Bonchev–Trinajstić information content (AvgIpc) is 1.29. The Kier molecular flexibility index (Phi) is 32.9. The monoisotopic (exact) mass is 1350 g/mol. The highest BCUT2D eigenvalue weighted by atomic mass is 35.5. The number of nitriles is 6. The molecule has 0 unspecified atom stereocenters. The van der Waals surface area contributed by atoms with E-state index in [-0.39, 0.29) is 49.0 Å². The van der Waals surface area contributed by atoms with Gasteiger partial charge in [-0.25, -0.2) is 23.9 Å². The van der Waals surface area contributed by atoms with Crippen molar-refractivity contribution in [2.45, 2.75) is 223 Å². The molecule has 98 heavy (non-hydrogen) atoms. The Hall–Kier alpha value is -9.52. The number of halogens is 3. The molecule has 0 spiro atoms. The van der Waals surface area contributed by atoms with Crippen LogP contribution in [-0.4, -0.2) is 25.0 Å². The van der Waals surface area contributed by atoms with Crippen LogP contribution in [0.5, 0.6) is 0 Å². The minimum Gasteiger partial charge on any atom is -0.246 e. The van der Waals surface area contributed by atoms with E-state index in [1.807, 2.05) is 139 Å². The van der Waals surface area contributed by atoms with Crippen LogP contribution in [0.15, 0.2) is 140 Å². The van der Waals surface area contributed by atoms with Gasteiger partial charge in [-0.1, -0.05) is 246 Å². The summed E-state index contributed by atoms with van der Waals surface area (Å²) in [7, 11) is 0. The van der Waals surface area contributed by atoms with Crippen LogP contribution >= 0.6 is 23.2 Å². The molecular weight excluding hydrogens is 1250 g/mol. The minimum atomic E-state index is -0.449. The van der Waals surface area contributed by atoms with Gasteiger partial charge in [0, 0.05) is 27.4 Å². The second-order valence-corrected chi connectivity index (χ2v) is 32.3. The fourth-order valence-electron chi connectivity index (χ4n) is 8.46. The molecule has 5 aromatic carbocycles. The SMILES string of the molecule is CC(C)(C)c1ccc(C#N)cc1Cl.CC(C)(C)c1ccc(C#N)nc1.CC(C)(C)c1ccc(F)c(C#N)c1.CC(C)(C)c1cccc(C#N)n1.CC(C)(C)n1cc(C#N)nn1.Cc1cc(C#N)ccc1C(C)(C)C.Cc1cc(C(C)(C)C)ccc1Cl.[C-]#[N+]c1cccc(C(C)(C)C)c1. The van der Waals surface area contributed by atoms with Crippen LogP contribution in [0.3, 0.4) is 0 Å². The predicted molar refractivity (Wildman–Crippen MR) is 401 cm³/mol. The topological polar surface area (TPSA) is 204 Å². The lowest BCUT2D eigenvalue weighted by Crippen LogP contribution is -2.22. The molecule has 3 aromatic heterocycles. The number of nitrogens with zero attached hydrogens (tertiary/aromatic N) is 12. The molecule has 0 aliphatic heterocycles. The van der Waals surface area contributed by atoms with Crippen molar-refractivity contribution < 1.29 is 4.39 Å². The molecule has 0 bridgehead atoms. The van der Waals surface area contributed by atoms with Gasteiger partial charge in [-0.05, 0) is 167 Å².